The lowest BCUT2D eigenvalue weighted by atomic mass is 10.2. The third-order valence-electron chi connectivity index (χ3n) is 2.54. The Morgan fingerprint density at radius 2 is 1.90 bits per heavy atom. The second kappa shape index (κ2) is 5.34. The Bertz CT molecular complexity index is 727. The number of nitrogens with zero attached hydrogens (tertiary/aromatic N) is 3. The van der Waals surface area contributed by atoms with E-state index in [9.17, 15) is 0 Å². The van der Waals surface area contributed by atoms with E-state index in [2.05, 4.69) is 15.0 Å². The van der Waals surface area contributed by atoms with Crippen molar-refractivity contribution >= 4 is 17.6 Å². The molecule has 3 aromatic rings. The first-order valence-corrected chi connectivity index (χ1v) is 6.82. The van der Waals surface area contributed by atoms with Crippen LogP contribution in [0.3, 0.4) is 0 Å². The minimum atomic E-state index is 0.421. The lowest BCUT2D eigenvalue weighted by Gasteiger charge is -2.04. The summed E-state index contributed by atoms with van der Waals surface area (Å²) in [5, 5.41) is 1.25. The molecule has 3 rings (SSSR count). The number of oxazole rings is 1. The summed E-state index contributed by atoms with van der Waals surface area (Å²) in [6.07, 6.45) is 1.60. The molecule has 0 unspecified atom stereocenters. The average molecular weight is 284 g/mol. The van der Waals surface area contributed by atoms with E-state index in [0.717, 1.165) is 11.3 Å². The van der Waals surface area contributed by atoms with E-state index in [1.165, 1.54) is 11.8 Å². The summed E-state index contributed by atoms with van der Waals surface area (Å²) in [5.41, 5.74) is 7.59. The molecule has 20 heavy (non-hydrogen) atoms. The predicted molar refractivity (Wildman–Crippen MR) is 77.2 cm³/mol. The van der Waals surface area contributed by atoms with Gasteiger partial charge in [-0.1, -0.05) is 30.3 Å². The monoisotopic (exact) mass is 284 g/mol. The van der Waals surface area contributed by atoms with Crippen molar-refractivity contribution in [2.75, 3.05) is 5.73 Å². The lowest BCUT2D eigenvalue weighted by molar-refractivity contribution is 0.454. The number of benzene rings is 1. The molecule has 2 aromatic heterocycles. The Kier molecular flexibility index (Phi) is 3.39. The summed E-state index contributed by atoms with van der Waals surface area (Å²) in [6.45, 7) is 1.87. The van der Waals surface area contributed by atoms with E-state index >= 15 is 0 Å². The van der Waals surface area contributed by atoms with Crippen molar-refractivity contribution in [3.05, 3.63) is 48.4 Å². The molecule has 0 aliphatic carbocycles. The highest BCUT2D eigenvalue weighted by Crippen LogP contribution is 2.28. The SMILES string of the molecule is Cc1coc(Sc2cc(N)nc(-c3ccccc3)n2)n1. The van der Waals surface area contributed by atoms with Gasteiger partial charge in [-0.25, -0.2) is 15.0 Å². The molecule has 0 atom stereocenters. The molecule has 0 radical (unpaired) electrons. The van der Waals surface area contributed by atoms with Crippen LogP contribution >= 0.6 is 11.8 Å². The fraction of sp³-hybridized carbons (Fsp3) is 0.0714. The molecule has 6 heteroatoms. The lowest BCUT2D eigenvalue weighted by Crippen LogP contribution is -1.97. The highest BCUT2D eigenvalue weighted by Gasteiger charge is 2.09. The zero-order chi connectivity index (χ0) is 13.9. The van der Waals surface area contributed by atoms with E-state index < -0.39 is 0 Å². The van der Waals surface area contributed by atoms with Gasteiger partial charge in [0.25, 0.3) is 5.22 Å². The summed E-state index contributed by atoms with van der Waals surface area (Å²) < 4.78 is 5.30. The van der Waals surface area contributed by atoms with E-state index in [4.69, 9.17) is 10.2 Å². The fourth-order valence-corrected chi connectivity index (χ4v) is 2.46. The van der Waals surface area contributed by atoms with E-state index in [1.807, 2.05) is 37.3 Å². The third kappa shape index (κ3) is 2.80. The van der Waals surface area contributed by atoms with Crippen LogP contribution in [0.2, 0.25) is 0 Å². The van der Waals surface area contributed by atoms with Gasteiger partial charge in [0.05, 0.1) is 5.69 Å². The quantitative estimate of drug-likeness (QED) is 0.744. The first kappa shape index (κ1) is 12.7. The average Bonchev–Trinajstić information content (AvgIpc) is 2.84. The van der Waals surface area contributed by atoms with Crippen molar-refractivity contribution in [1.29, 1.82) is 0 Å². The first-order valence-electron chi connectivity index (χ1n) is 6.01. The Balaban J connectivity index is 1.94. The maximum absolute atomic E-state index is 5.84. The Labute approximate surface area is 120 Å². The topological polar surface area (TPSA) is 77.8 Å². The number of hydrogen-bond acceptors (Lipinski definition) is 6. The number of rotatable bonds is 3. The van der Waals surface area contributed by atoms with Gasteiger partial charge in [0, 0.05) is 11.6 Å². The highest BCUT2D eigenvalue weighted by atomic mass is 32.2. The number of anilines is 1. The van der Waals surface area contributed by atoms with Gasteiger partial charge in [-0.3, -0.25) is 0 Å². The van der Waals surface area contributed by atoms with Crippen molar-refractivity contribution in [2.45, 2.75) is 17.2 Å². The Hall–Kier alpha value is -2.34. The molecule has 1 aromatic carbocycles. The van der Waals surface area contributed by atoms with Crippen LogP contribution in [-0.4, -0.2) is 15.0 Å². The minimum absolute atomic E-state index is 0.421. The molecule has 2 heterocycles. The van der Waals surface area contributed by atoms with Crippen LogP contribution in [-0.2, 0) is 0 Å². The van der Waals surface area contributed by atoms with Crippen LogP contribution in [0.4, 0.5) is 5.82 Å². The van der Waals surface area contributed by atoms with E-state index in [0.29, 0.717) is 21.9 Å². The summed E-state index contributed by atoms with van der Waals surface area (Å²) in [7, 11) is 0. The third-order valence-corrected chi connectivity index (χ3v) is 3.32. The zero-order valence-corrected chi connectivity index (χ0v) is 11.6. The molecule has 0 bridgehead atoms. The second-order valence-corrected chi connectivity index (χ2v) is 5.15. The van der Waals surface area contributed by atoms with Gasteiger partial charge in [-0.15, -0.1) is 0 Å². The Morgan fingerprint density at radius 1 is 1.10 bits per heavy atom. The normalized spacial score (nSPS) is 10.7. The van der Waals surface area contributed by atoms with Crippen LogP contribution in [0.1, 0.15) is 5.69 Å². The van der Waals surface area contributed by atoms with Gasteiger partial charge in [0.1, 0.15) is 17.1 Å². The van der Waals surface area contributed by atoms with Crippen LogP contribution < -0.4 is 5.73 Å². The molecule has 0 aliphatic heterocycles. The molecule has 0 fully saturated rings. The zero-order valence-electron chi connectivity index (χ0n) is 10.8. The molecular weight excluding hydrogens is 272 g/mol. The van der Waals surface area contributed by atoms with Crippen molar-refractivity contribution in [2.24, 2.45) is 0 Å². The number of hydrogen-bond donors (Lipinski definition) is 1. The molecule has 5 nitrogen and oxygen atoms in total. The summed E-state index contributed by atoms with van der Waals surface area (Å²) >= 11 is 1.32. The van der Waals surface area contributed by atoms with Crippen LogP contribution in [0.5, 0.6) is 0 Å². The first-order chi connectivity index (χ1) is 9.70. The van der Waals surface area contributed by atoms with Gasteiger partial charge in [-0.2, -0.15) is 0 Å². The maximum atomic E-state index is 5.84. The number of nitrogens with two attached hydrogens (primary N) is 1. The van der Waals surface area contributed by atoms with Crippen molar-refractivity contribution in [1.82, 2.24) is 15.0 Å². The van der Waals surface area contributed by atoms with Gasteiger partial charge in [0.15, 0.2) is 5.82 Å². The van der Waals surface area contributed by atoms with Crippen LogP contribution in [0.25, 0.3) is 11.4 Å². The second-order valence-electron chi connectivity index (χ2n) is 4.18. The van der Waals surface area contributed by atoms with Crippen molar-refractivity contribution < 1.29 is 4.42 Å². The summed E-state index contributed by atoms with van der Waals surface area (Å²) in [5.74, 6) is 1.01. The van der Waals surface area contributed by atoms with Crippen LogP contribution in [0, 0.1) is 6.92 Å². The molecule has 0 amide bonds. The van der Waals surface area contributed by atoms with Crippen molar-refractivity contribution in [3.8, 4) is 11.4 Å². The summed E-state index contributed by atoms with van der Waals surface area (Å²) in [6, 6.07) is 11.4. The van der Waals surface area contributed by atoms with E-state index in [1.54, 1.807) is 12.3 Å². The van der Waals surface area contributed by atoms with E-state index in [-0.39, 0.29) is 0 Å². The molecule has 0 aliphatic rings. The fourth-order valence-electron chi connectivity index (χ4n) is 1.68. The number of aromatic nitrogens is 3. The smallest absolute Gasteiger partial charge is 0.262 e. The predicted octanol–water partition coefficient (Wildman–Crippen LogP) is 3.17. The molecule has 0 saturated carbocycles. The molecule has 0 spiro atoms. The molecule has 100 valence electrons. The van der Waals surface area contributed by atoms with Crippen molar-refractivity contribution in [3.63, 3.8) is 0 Å². The Morgan fingerprint density at radius 3 is 2.60 bits per heavy atom. The molecule has 0 saturated heterocycles. The molecular formula is C14H12N4OS. The largest absolute Gasteiger partial charge is 0.439 e. The van der Waals surface area contributed by atoms with Gasteiger partial charge < -0.3 is 10.2 Å². The minimum Gasteiger partial charge on any atom is -0.439 e. The number of nitrogen functional groups attached to an aromatic ring is 1. The molecule has 2 N–H and O–H groups in total. The van der Waals surface area contributed by atoms with Gasteiger partial charge >= 0.3 is 0 Å². The van der Waals surface area contributed by atoms with Crippen LogP contribution in [0.15, 0.2) is 57.3 Å². The highest BCUT2D eigenvalue weighted by molar-refractivity contribution is 7.99. The maximum Gasteiger partial charge on any atom is 0.262 e. The van der Waals surface area contributed by atoms with Gasteiger partial charge in [0.2, 0.25) is 0 Å². The number of aryl methyl sites for hydroxylation is 1. The van der Waals surface area contributed by atoms with Gasteiger partial charge in [-0.05, 0) is 18.7 Å². The summed E-state index contributed by atoms with van der Waals surface area (Å²) in [4.78, 5) is 13.0. The standard InChI is InChI=1S/C14H12N4OS/c1-9-8-19-14(16-9)20-12-7-11(15)17-13(18-12)10-5-3-2-4-6-10/h2-8H,1H3,(H2,15,17,18).